The Morgan fingerprint density at radius 3 is 2.86 bits per heavy atom. The molecule has 140 valence electrons. The molecular weight excluding hydrogens is 374 g/mol. The van der Waals surface area contributed by atoms with Crippen LogP contribution in [0, 0.1) is 23.2 Å². The van der Waals surface area contributed by atoms with Crippen LogP contribution in [-0.4, -0.2) is 30.0 Å². The highest BCUT2D eigenvalue weighted by atomic mass is 35.5. The fourth-order valence-electron chi connectivity index (χ4n) is 3.28. The number of benzene rings is 1. The van der Waals surface area contributed by atoms with E-state index in [0.29, 0.717) is 17.3 Å². The van der Waals surface area contributed by atoms with Gasteiger partial charge in [0, 0.05) is 49.3 Å². The van der Waals surface area contributed by atoms with Crippen LogP contribution in [0.3, 0.4) is 0 Å². The van der Waals surface area contributed by atoms with Crippen molar-refractivity contribution in [3.05, 3.63) is 47.9 Å². The van der Waals surface area contributed by atoms with Crippen molar-refractivity contribution in [2.24, 2.45) is 11.8 Å². The Bertz CT molecular complexity index is 1120. The number of aromatic nitrogens is 2. The van der Waals surface area contributed by atoms with E-state index in [-0.39, 0.29) is 17.7 Å². The number of nitrogens with zero attached hydrogens (tertiary/aromatic N) is 4. The minimum absolute atomic E-state index is 0.164. The van der Waals surface area contributed by atoms with Gasteiger partial charge in [-0.1, -0.05) is 11.6 Å². The normalized spacial score (nSPS) is 17.8. The van der Waals surface area contributed by atoms with Crippen LogP contribution in [0.5, 0.6) is 0 Å². The molecule has 1 aromatic carbocycles. The van der Waals surface area contributed by atoms with Crippen LogP contribution in [0.2, 0.25) is 5.02 Å². The molecule has 1 aliphatic rings. The number of nitrogens with one attached hydrogen (secondary N) is 1. The highest BCUT2D eigenvalue weighted by molar-refractivity contribution is 6.36. The summed E-state index contributed by atoms with van der Waals surface area (Å²) < 4.78 is 0. The number of hydrogen-bond acceptors (Lipinski definition) is 5. The van der Waals surface area contributed by atoms with E-state index >= 15 is 0 Å². The first-order valence-electron chi connectivity index (χ1n) is 8.89. The zero-order valence-electron chi connectivity index (χ0n) is 15.5. The van der Waals surface area contributed by atoms with Crippen LogP contribution >= 0.6 is 11.6 Å². The van der Waals surface area contributed by atoms with E-state index in [9.17, 15) is 4.79 Å². The van der Waals surface area contributed by atoms with Gasteiger partial charge < -0.3 is 10.2 Å². The molecule has 0 saturated heterocycles. The van der Waals surface area contributed by atoms with Crippen molar-refractivity contribution >= 4 is 39.8 Å². The Kier molecular flexibility index (Phi) is 4.62. The second-order valence-corrected chi connectivity index (χ2v) is 7.51. The number of amides is 1. The number of pyridine rings is 2. The molecule has 1 fully saturated rings. The summed E-state index contributed by atoms with van der Waals surface area (Å²) in [6, 6.07) is 9.79. The molecule has 2 heterocycles. The number of rotatable bonds is 4. The molecule has 28 heavy (non-hydrogen) atoms. The highest BCUT2D eigenvalue weighted by Crippen LogP contribution is 2.39. The zero-order valence-corrected chi connectivity index (χ0v) is 16.2. The predicted molar refractivity (Wildman–Crippen MR) is 110 cm³/mol. The molecular formula is C21H18ClN5O. The quantitative estimate of drug-likeness (QED) is 0.723. The molecule has 4 rings (SSSR count). The standard InChI is InChI=1S/C21H18ClN5O/c1-27(2)19-3-4-24-10-17(19)12-5-13-8-20(25-11-16(13)18(22)7-12)26-21(28)15-6-14(15)9-23/h3-5,7-8,10-11,14-15H,6H2,1-2H3,(H,25,26,28)/t14-,15+/m0/s1. The summed E-state index contributed by atoms with van der Waals surface area (Å²) in [4.78, 5) is 22.8. The molecule has 0 spiro atoms. The zero-order chi connectivity index (χ0) is 19.8. The molecule has 2 aromatic heterocycles. The minimum Gasteiger partial charge on any atom is -0.377 e. The van der Waals surface area contributed by atoms with E-state index in [0.717, 1.165) is 27.6 Å². The molecule has 3 aromatic rings. The number of hydrogen-bond donors (Lipinski definition) is 1. The van der Waals surface area contributed by atoms with Crippen molar-refractivity contribution in [3.63, 3.8) is 0 Å². The van der Waals surface area contributed by atoms with Crippen LogP contribution in [0.25, 0.3) is 21.9 Å². The Balaban J connectivity index is 1.71. The van der Waals surface area contributed by atoms with Crippen LogP contribution < -0.4 is 10.2 Å². The largest absolute Gasteiger partial charge is 0.377 e. The third kappa shape index (κ3) is 3.37. The van der Waals surface area contributed by atoms with Crippen LogP contribution in [0.1, 0.15) is 6.42 Å². The molecule has 2 atom stereocenters. The van der Waals surface area contributed by atoms with Gasteiger partial charge >= 0.3 is 0 Å². The third-order valence-electron chi connectivity index (χ3n) is 4.92. The van der Waals surface area contributed by atoms with E-state index in [2.05, 4.69) is 21.4 Å². The monoisotopic (exact) mass is 391 g/mol. The van der Waals surface area contributed by atoms with Gasteiger partial charge in [0.25, 0.3) is 0 Å². The Hall–Kier alpha value is -3.17. The first kappa shape index (κ1) is 18.2. The Morgan fingerprint density at radius 1 is 1.32 bits per heavy atom. The number of carbonyl (C=O) groups is 1. The maximum Gasteiger partial charge on any atom is 0.230 e. The Morgan fingerprint density at radius 2 is 2.14 bits per heavy atom. The van der Waals surface area contributed by atoms with Crippen molar-refractivity contribution in [3.8, 4) is 17.2 Å². The van der Waals surface area contributed by atoms with Gasteiger partial charge in [0.05, 0.1) is 22.9 Å². The summed E-state index contributed by atoms with van der Waals surface area (Å²) in [5.74, 6) is -0.136. The number of nitriles is 1. The summed E-state index contributed by atoms with van der Waals surface area (Å²) in [6.07, 6.45) is 5.83. The third-order valence-corrected chi connectivity index (χ3v) is 5.23. The molecule has 0 unspecified atom stereocenters. The summed E-state index contributed by atoms with van der Waals surface area (Å²) in [5.41, 5.74) is 2.93. The van der Waals surface area contributed by atoms with Crippen LogP contribution in [0.4, 0.5) is 11.5 Å². The first-order chi connectivity index (χ1) is 13.5. The first-order valence-corrected chi connectivity index (χ1v) is 9.27. The molecule has 1 N–H and O–H groups in total. The lowest BCUT2D eigenvalue weighted by molar-refractivity contribution is -0.117. The maximum atomic E-state index is 12.2. The van der Waals surface area contributed by atoms with E-state index < -0.39 is 0 Å². The second kappa shape index (κ2) is 7.10. The lowest BCUT2D eigenvalue weighted by atomic mass is 10.0. The lowest BCUT2D eigenvalue weighted by Gasteiger charge is -2.17. The summed E-state index contributed by atoms with van der Waals surface area (Å²) >= 11 is 6.50. The fraction of sp³-hybridized carbons (Fsp3) is 0.238. The van der Waals surface area contributed by atoms with Gasteiger partial charge in [0.15, 0.2) is 0 Å². The number of anilines is 2. The number of halogens is 1. The molecule has 0 aliphatic heterocycles. The van der Waals surface area contributed by atoms with Crippen molar-refractivity contribution in [2.45, 2.75) is 6.42 Å². The second-order valence-electron chi connectivity index (χ2n) is 7.10. The number of fused-ring (bicyclic) bond motifs is 1. The molecule has 1 amide bonds. The molecule has 0 radical (unpaired) electrons. The van der Waals surface area contributed by atoms with Crippen molar-refractivity contribution in [2.75, 3.05) is 24.3 Å². The van der Waals surface area contributed by atoms with Gasteiger partial charge in [-0.15, -0.1) is 0 Å². The van der Waals surface area contributed by atoms with Crippen molar-refractivity contribution in [1.82, 2.24) is 9.97 Å². The highest BCUT2D eigenvalue weighted by Gasteiger charge is 2.43. The maximum absolute atomic E-state index is 12.2. The summed E-state index contributed by atoms with van der Waals surface area (Å²) in [5, 5.41) is 14.0. The molecule has 1 aliphatic carbocycles. The van der Waals surface area contributed by atoms with Crippen LogP contribution in [0.15, 0.2) is 42.9 Å². The fourth-order valence-corrected chi connectivity index (χ4v) is 3.56. The summed E-state index contributed by atoms with van der Waals surface area (Å²) in [6.45, 7) is 0. The SMILES string of the molecule is CN(C)c1ccncc1-c1cc(Cl)c2cnc(NC(=O)[C@@H]3C[C@H]3C#N)cc2c1. The van der Waals surface area contributed by atoms with Gasteiger partial charge in [-0.2, -0.15) is 5.26 Å². The van der Waals surface area contributed by atoms with Crippen molar-refractivity contribution < 1.29 is 4.79 Å². The van der Waals surface area contributed by atoms with E-state index in [4.69, 9.17) is 16.9 Å². The Labute approximate surface area is 167 Å². The van der Waals surface area contributed by atoms with Gasteiger partial charge in [0.1, 0.15) is 5.82 Å². The van der Waals surface area contributed by atoms with Crippen LogP contribution in [-0.2, 0) is 4.79 Å². The van der Waals surface area contributed by atoms with Crippen molar-refractivity contribution in [1.29, 1.82) is 5.26 Å². The lowest BCUT2D eigenvalue weighted by Crippen LogP contribution is -2.15. The van der Waals surface area contributed by atoms with E-state index in [1.54, 1.807) is 18.5 Å². The van der Waals surface area contributed by atoms with Gasteiger partial charge in [-0.3, -0.25) is 9.78 Å². The van der Waals surface area contributed by atoms with E-state index in [1.165, 1.54) is 0 Å². The predicted octanol–water partition coefficient (Wildman–Crippen LogP) is 4.11. The topological polar surface area (TPSA) is 81.9 Å². The summed E-state index contributed by atoms with van der Waals surface area (Å²) in [7, 11) is 3.96. The van der Waals surface area contributed by atoms with Gasteiger partial charge in [-0.05, 0) is 41.6 Å². The number of carbonyl (C=O) groups excluding carboxylic acids is 1. The molecule has 6 nitrogen and oxygen atoms in total. The average Bonchev–Trinajstić information content (AvgIpc) is 3.47. The molecule has 7 heteroatoms. The minimum atomic E-state index is -0.240. The van der Waals surface area contributed by atoms with Gasteiger partial charge in [0.2, 0.25) is 5.91 Å². The van der Waals surface area contributed by atoms with Gasteiger partial charge in [-0.25, -0.2) is 4.98 Å². The molecule has 0 bridgehead atoms. The average molecular weight is 392 g/mol. The smallest absolute Gasteiger partial charge is 0.230 e. The van der Waals surface area contributed by atoms with E-state index in [1.807, 2.05) is 43.4 Å². The molecule has 1 saturated carbocycles.